The standard InChI is InChI=1S/C23H21FN4O4/c24-14-5-6-19-18(11-14)22(27-21(26-19)17-3-1-2-4-20(17)29)28-9-7-15(12-28)25-23(30)32-16-8-10-31-13-16/h1-6,11,16,29H,7-10,12-13H2/t16-/m1/s1. The van der Waals surface area contributed by atoms with E-state index in [0.29, 0.717) is 73.0 Å². The number of hydrogen-bond donors (Lipinski definition) is 1. The molecule has 1 amide bonds. The SMILES string of the molecule is O=C(N=C1CCN(c2nc(-c3ccccc3O)nc3ccc(F)cc23)C1)O[C@@H]1CCOC1. The van der Waals surface area contributed by atoms with E-state index in [4.69, 9.17) is 9.47 Å². The van der Waals surface area contributed by atoms with Crippen molar-refractivity contribution in [1.29, 1.82) is 0 Å². The quantitative estimate of drug-likeness (QED) is 0.668. The summed E-state index contributed by atoms with van der Waals surface area (Å²) in [7, 11) is 0. The van der Waals surface area contributed by atoms with E-state index in [-0.39, 0.29) is 11.9 Å². The Bertz CT molecular complexity index is 1210. The molecule has 3 heterocycles. The van der Waals surface area contributed by atoms with Crippen LogP contribution in [0, 0.1) is 5.82 Å². The molecule has 8 nitrogen and oxygen atoms in total. The number of rotatable bonds is 3. The molecule has 3 aromatic rings. The number of amides is 1. The molecule has 0 unspecified atom stereocenters. The lowest BCUT2D eigenvalue weighted by atomic mass is 10.1. The molecule has 0 radical (unpaired) electrons. The van der Waals surface area contributed by atoms with Crippen LogP contribution >= 0.6 is 0 Å². The molecule has 2 aliphatic rings. The second-order valence-corrected chi connectivity index (χ2v) is 7.77. The summed E-state index contributed by atoms with van der Waals surface area (Å²) >= 11 is 0. The van der Waals surface area contributed by atoms with Crippen molar-refractivity contribution < 1.29 is 23.8 Å². The van der Waals surface area contributed by atoms with Crippen LogP contribution in [0.1, 0.15) is 12.8 Å². The number of carbonyl (C=O) groups excluding carboxylic acids is 1. The number of aliphatic imine (C=N–C) groups is 1. The first-order valence-electron chi connectivity index (χ1n) is 10.4. The van der Waals surface area contributed by atoms with Gasteiger partial charge in [0.2, 0.25) is 0 Å². The third kappa shape index (κ3) is 4.11. The Kier molecular flexibility index (Phi) is 5.40. The number of phenolic OH excluding ortho intramolecular Hbond substituents is 1. The van der Waals surface area contributed by atoms with Crippen LogP contribution < -0.4 is 4.90 Å². The monoisotopic (exact) mass is 436 g/mol. The number of halogens is 1. The molecule has 2 aliphatic heterocycles. The van der Waals surface area contributed by atoms with E-state index in [1.807, 2.05) is 4.90 Å². The van der Waals surface area contributed by atoms with Crippen LogP contribution in [-0.4, -0.2) is 59.3 Å². The van der Waals surface area contributed by atoms with E-state index in [1.54, 1.807) is 30.3 Å². The normalized spacial score (nSPS) is 19.7. The number of hydrogen-bond acceptors (Lipinski definition) is 7. The topological polar surface area (TPSA) is 97.1 Å². The van der Waals surface area contributed by atoms with Crippen molar-refractivity contribution in [3.05, 3.63) is 48.3 Å². The molecule has 1 atom stereocenters. The summed E-state index contributed by atoms with van der Waals surface area (Å²) in [5.74, 6) is 0.522. The Morgan fingerprint density at radius 3 is 2.94 bits per heavy atom. The number of benzene rings is 2. The lowest BCUT2D eigenvalue weighted by molar-refractivity contribution is 0.0903. The Labute approximate surface area is 183 Å². The van der Waals surface area contributed by atoms with Crippen molar-refractivity contribution in [2.75, 3.05) is 31.2 Å². The largest absolute Gasteiger partial charge is 0.507 e. The lowest BCUT2D eigenvalue weighted by Crippen LogP contribution is -2.22. The van der Waals surface area contributed by atoms with Crippen molar-refractivity contribution in [3.63, 3.8) is 0 Å². The highest BCUT2D eigenvalue weighted by Crippen LogP contribution is 2.32. The zero-order valence-corrected chi connectivity index (χ0v) is 17.2. The number of anilines is 1. The minimum atomic E-state index is -0.620. The van der Waals surface area contributed by atoms with Gasteiger partial charge in [0.25, 0.3) is 0 Å². The molecule has 1 N–H and O–H groups in total. The first kappa shape index (κ1) is 20.3. The van der Waals surface area contributed by atoms with Crippen LogP contribution in [0.25, 0.3) is 22.3 Å². The number of nitrogens with zero attached hydrogens (tertiary/aromatic N) is 4. The highest BCUT2D eigenvalue weighted by atomic mass is 19.1. The third-order valence-corrected chi connectivity index (χ3v) is 5.53. The van der Waals surface area contributed by atoms with E-state index in [9.17, 15) is 14.3 Å². The average molecular weight is 436 g/mol. The molecule has 32 heavy (non-hydrogen) atoms. The minimum absolute atomic E-state index is 0.0576. The maximum atomic E-state index is 14.0. The van der Waals surface area contributed by atoms with Gasteiger partial charge in [-0.2, -0.15) is 4.99 Å². The van der Waals surface area contributed by atoms with E-state index in [2.05, 4.69) is 15.0 Å². The van der Waals surface area contributed by atoms with E-state index in [0.717, 1.165) is 0 Å². The summed E-state index contributed by atoms with van der Waals surface area (Å²) in [5, 5.41) is 10.8. The highest BCUT2D eigenvalue weighted by Gasteiger charge is 2.25. The summed E-state index contributed by atoms with van der Waals surface area (Å²) in [6, 6.07) is 11.1. The summed E-state index contributed by atoms with van der Waals surface area (Å²) in [4.78, 5) is 27.4. The number of aromatic nitrogens is 2. The van der Waals surface area contributed by atoms with Gasteiger partial charge in [-0.05, 0) is 30.3 Å². The molecule has 0 bridgehead atoms. The fourth-order valence-corrected chi connectivity index (χ4v) is 3.93. The van der Waals surface area contributed by atoms with Crippen molar-refractivity contribution in [1.82, 2.24) is 9.97 Å². The fourth-order valence-electron chi connectivity index (χ4n) is 3.93. The van der Waals surface area contributed by atoms with Crippen LogP contribution in [0.15, 0.2) is 47.5 Å². The molecular formula is C23H21FN4O4. The Balaban J connectivity index is 1.46. The second kappa shape index (κ2) is 8.51. The molecular weight excluding hydrogens is 415 g/mol. The van der Waals surface area contributed by atoms with Crippen LogP contribution in [-0.2, 0) is 9.47 Å². The van der Waals surface area contributed by atoms with Crippen molar-refractivity contribution in [2.24, 2.45) is 4.99 Å². The van der Waals surface area contributed by atoms with Crippen molar-refractivity contribution in [2.45, 2.75) is 18.9 Å². The van der Waals surface area contributed by atoms with Gasteiger partial charge in [-0.1, -0.05) is 12.1 Å². The van der Waals surface area contributed by atoms with Crippen molar-refractivity contribution in [3.8, 4) is 17.1 Å². The van der Waals surface area contributed by atoms with Crippen LogP contribution in [0.2, 0.25) is 0 Å². The molecule has 9 heteroatoms. The number of carbonyl (C=O) groups is 1. The van der Waals surface area contributed by atoms with Gasteiger partial charge in [-0.3, -0.25) is 0 Å². The maximum Gasteiger partial charge on any atom is 0.433 e. The summed E-state index contributed by atoms with van der Waals surface area (Å²) in [6.45, 7) is 1.90. The number of aromatic hydroxyl groups is 1. The number of phenols is 1. The molecule has 0 spiro atoms. The molecule has 164 valence electrons. The van der Waals surface area contributed by atoms with Gasteiger partial charge in [0.1, 0.15) is 23.5 Å². The average Bonchev–Trinajstić information content (AvgIpc) is 3.45. The first-order chi connectivity index (χ1) is 15.6. The number of para-hydroxylation sites is 1. The molecule has 2 saturated heterocycles. The predicted molar refractivity (Wildman–Crippen MR) is 117 cm³/mol. The number of fused-ring (bicyclic) bond motifs is 1. The van der Waals surface area contributed by atoms with Gasteiger partial charge in [-0.15, -0.1) is 0 Å². The molecule has 5 rings (SSSR count). The Morgan fingerprint density at radius 1 is 1.25 bits per heavy atom. The molecule has 2 fully saturated rings. The van der Waals surface area contributed by atoms with E-state index >= 15 is 0 Å². The first-order valence-corrected chi connectivity index (χ1v) is 10.4. The van der Waals surface area contributed by atoms with E-state index in [1.165, 1.54) is 12.1 Å². The third-order valence-electron chi connectivity index (χ3n) is 5.53. The van der Waals surface area contributed by atoms with Gasteiger partial charge >= 0.3 is 6.09 Å². The smallest absolute Gasteiger partial charge is 0.433 e. The fraction of sp³-hybridized carbons (Fsp3) is 0.304. The van der Waals surface area contributed by atoms with Gasteiger partial charge in [0.15, 0.2) is 5.82 Å². The zero-order valence-electron chi connectivity index (χ0n) is 17.2. The maximum absolute atomic E-state index is 14.0. The molecule has 2 aromatic carbocycles. The predicted octanol–water partition coefficient (Wildman–Crippen LogP) is 3.72. The Morgan fingerprint density at radius 2 is 2.12 bits per heavy atom. The van der Waals surface area contributed by atoms with E-state index < -0.39 is 11.9 Å². The van der Waals surface area contributed by atoms with Gasteiger partial charge in [0, 0.05) is 30.5 Å². The Hall–Kier alpha value is -3.59. The van der Waals surface area contributed by atoms with Crippen LogP contribution in [0.3, 0.4) is 0 Å². The van der Waals surface area contributed by atoms with Gasteiger partial charge < -0.3 is 19.5 Å². The zero-order chi connectivity index (χ0) is 22.1. The highest BCUT2D eigenvalue weighted by molar-refractivity contribution is 6.00. The lowest BCUT2D eigenvalue weighted by Gasteiger charge is -2.19. The molecule has 0 saturated carbocycles. The summed E-state index contributed by atoms with van der Waals surface area (Å²) in [6.07, 6.45) is 0.365. The van der Waals surface area contributed by atoms with Crippen LogP contribution in [0.4, 0.5) is 15.0 Å². The summed E-state index contributed by atoms with van der Waals surface area (Å²) < 4.78 is 24.6. The molecule has 0 aliphatic carbocycles. The second-order valence-electron chi connectivity index (χ2n) is 7.77. The van der Waals surface area contributed by atoms with Gasteiger partial charge in [-0.25, -0.2) is 19.2 Å². The van der Waals surface area contributed by atoms with Gasteiger partial charge in [0.05, 0.1) is 30.8 Å². The van der Waals surface area contributed by atoms with Crippen molar-refractivity contribution >= 4 is 28.5 Å². The number of ether oxygens (including phenoxy) is 2. The molecule has 1 aromatic heterocycles. The minimum Gasteiger partial charge on any atom is -0.507 e. The van der Waals surface area contributed by atoms with Crippen LogP contribution in [0.5, 0.6) is 5.75 Å². The summed E-state index contributed by atoms with van der Waals surface area (Å²) in [5.41, 5.74) is 1.71.